The average molecular weight is 318 g/mol. The molecule has 0 atom stereocenters. The summed E-state index contributed by atoms with van der Waals surface area (Å²) in [6, 6.07) is 5.58. The van der Waals surface area contributed by atoms with Gasteiger partial charge in [-0.05, 0) is 25.2 Å². The standard InChI is InChI=1S/C16H22N4O3/c1-19-6-8-20(9-7-19)11-15-17-16(18-23-15)12-4-5-13(21-2)14(10-12)22-3/h4-5,10H,6-9,11H2,1-3H3. The maximum Gasteiger partial charge on any atom is 0.241 e. The number of benzene rings is 1. The smallest absolute Gasteiger partial charge is 0.241 e. The molecule has 7 nitrogen and oxygen atoms in total. The number of piperazine rings is 1. The van der Waals surface area contributed by atoms with Gasteiger partial charge in [0.25, 0.3) is 0 Å². The maximum absolute atomic E-state index is 5.39. The van der Waals surface area contributed by atoms with Crippen molar-refractivity contribution < 1.29 is 14.0 Å². The summed E-state index contributed by atoms with van der Waals surface area (Å²) in [5, 5.41) is 4.08. The molecule has 0 aliphatic carbocycles. The Hall–Kier alpha value is -2.12. The normalized spacial score (nSPS) is 16.5. The molecule has 124 valence electrons. The third-order valence-electron chi connectivity index (χ3n) is 4.06. The van der Waals surface area contributed by atoms with E-state index in [1.54, 1.807) is 14.2 Å². The molecule has 1 aliphatic heterocycles. The van der Waals surface area contributed by atoms with Gasteiger partial charge < -0.3 is 18.9 Å². The van der Waals surface area contributed by atoms with E-state index in [1.807, 2.05) is 18.2 Å². The van der Waals surface area contributed by atoms with Gasteiger partial charge >= 0.3 is 0 Å². The molecule has 0 amide bonds. The Bertz CT molecular complexity index is 651. The third kappa shape index (κ3) is 3.62. The molecule has 7 heteroatoms. The van der Waals surface area contributed by atoms with E-state index in [-0.39, 0.29) is 0 Å². The van der Waals surface area contributed by atoms with Crippen LogP contribution in [-0.4, -0.2) is 67.4 Å². The lowest BCUT2D eigenvalue weighted by Gasteiger charge is -2.31. The van der Waals surface area contributed by atoms with Crippen LogP contribution in [0, 0.1) is 0 Å². The molecule has 1 aliphatic rings. The number of hydrogen-bond donors (Lipinski definition) is 0. The van der Waals surface area contributed by atoms with Crippen molar-refractivity contribution in [3.05, 3.63) is 24.1 Å². The third-order valence-corrected chi connectivity index (χ3v) is 4.06. The van der Waals surface area contributed by atoms with Crippen LogP contribution in [-0.2, 0) is 6.54 Å². The second kappa shape index (κ2) is 6.97. The Morgan fingerprint density at radius 2 is 1.83 bits per heavy atom. The van der Waals surface area contributed by atoms with Crippen LogP contribution in [0.3, 0.4) is 0 Å². The van der Waals surface area contributed by atoms with E-state index in [2.05, 4.69) is 27.0 Å². The predicted octanol–water partition coefficient (Wildman–Crippen LogP) is 1.50. The van der Waals surface area contributed by atoms with Crippen LogP contribution in [0.5, 0.6) is 11.5 Å². The summed E-state index contributed by atoms with van der Waals surface area (Å²) in [6.07, 6.45) is 0. The van der Waals surface area contributed by atoms with Gasteiger partial charge in [-0.2, -0.15) is 4.98 Å². The van der Waals surface area contributed by atoms with E-state index in [9.17, 15) is 0 Å². The SMILES string of the molecule is COc1ccc(-c2noc(CN3CCN(C)CC3)n2)cc1OC. The molecule has 0 radical (unpaired) electrons. The largest absolute Gasteiger partial charge is 0.493 e. The Labute approximate surface area is 135 Å². The fourth-order valence-electron chi connectivity index (χ4n) is 2.61. The molecule has 3 rings (SSSR count). The molecule has 0 saturated carbocycles. The Morgan fingerprint density at radius 3 is 2.52 bits per heavy atom. The molecular weight excluding hydrogens is 296 g/mol. The summed E-state index contributed by atoms with van der Waals surface area (Å²) in [4.78, 5) is 9.14. The number of nitrogens with zero attached hydrogens (tertiary/aromatic N) is 4. The van der Waals surface area contributed by atoms with Crippen molar-refractivity contribution in [1.82, 2.24) is 19.9 Å². The molecule has 23 heavy (non-hydrogen) atoms. The van der Waals surface area contributed by atoms with Gasteiger partial charge in [-0.3, -0.25) is 4.90 Å². The highest BCUT2D eigenvalue weighted by atomic mass is 16.5. The quantitative estimate of drug-likeness (QED) is 0.828. The van der Waals surface area contributed by atoms with Crippen molar-refractivity contribution in [2.75, 3.05) is 47.4 Å². The van der Waals surface area contributed by atoms with E-state index in [0.717, 1.165) is 31.7 Å². The molecule has 0 N–H and O–H groups in total. The van der Waals surface area contributed by atoms with E-state index in [4.69, 9.17) is 14.0 Å². The number of aromatic nitrogens is 2. The lowest BCUT2D eigenvalue weighted by Crippen LogP contribution is -2.43. The van der Waals surface area contributed by atoms with Crippen LogP contribution in [0.25, 0.3) is 11.4 Å². The van der Waals surface area contributed by atoms with Crippen molar-refractivity contribution >= 4 is 0 Å². The van der Waals surface area contributed by atoms with Crippen LogP contribution >= 0.6 is 0 Å². The Kier molecular flexibility index (Phi) is 4.78. The van der Waals surface area contributed by atoms with Crippen molar-refractivity contribution in [3.8, 4) is 22.9 Å². The first-order chi connectivity index (χ1) is 11.2. The van der Waals surface area contributed by atoms with Crippen LogP contribution in [0.15, 0.2) is 22.7 Å². The highest BCUT2D eigenvalue weighted by Crippen LogP contribution is 2.31. The maximum atomic E-state index is 5.39. The summed E-state index contributed by atoms with van der Waals surface area (Å²) < 4.78 is 15.9. The zero-order valence-corrected chi connectivity index (χ0v) is 13.8. The molecule has 2 aromatic rings. The van der Waals surface area contributed by atoms with Crippen LogP contribution in [0.4, 0.5) is 0 Å². The van der Waals surface area contributed by atoms with Gasteiger partial charge in [0.15, 0.2) is 11.5 Å². The summed E-state index contributed by atoms with van der Waals surface area (Å²) in [6.45, 7) is 4.86. The second-order valence-corrected chi connectivity index (χ2v) is 5.66. The van der Waals surface area contributed by atoms with Crippen molar-refractivity contribution in [2.45, 2.75) is 6.54 Å². The topological polar surface area (TPSA) is 63.9 Å². The lowest BCUT2D eigenvalue weighted by molar-refractivity contribution is 0.135. The lowest BCUT2D eigenvalue weighted by atomic mass is 10.2. The van der Waals surface area contributed by atoms with Gasteiger partial charge in [0.1, 0.15) is 0 Å². The second-order valence-electron chi connectivity index (χ2n) is 5.66. The minimum Gasteiger partial charge on any atom is -0.493 e. The number of rotatable bonds is 5. The first-order valence-electron chi connectivity index (χ1n) is 7.65. The molecule has 2 heterocycles. The van der Waals surface area contributed by atoms with Crippen LogP contribution in [0.1, 0.15) is 5.89 Å². The van der Waals surface area contributed by atoms with Gasteiger partial charge in [-0.25, -0.2) is 0 Å². The first-order valence-corrected chi connectivity index (χ1v) is 7.65. The molecule has 0 bridgehead atoms. The number of ether oxygens (including phenoxy) is 2. The van der Waals surface area contributed by atoms with Gasteiger partial charge in [-0.15, -0.1) is 0 Å². The molecule has 0 unspecified atom stereocenters. The van der Waals surface area contributed by atoms with Crippen LogP contribution in [0.2, 0.25) is 0 Å². The Balaban J connectivity index is 1.71. The molecule has 1 saturated heterocycles. The summed E-state index contributed by atoms with van der Waals surface area (Å²) >= 11 is 0. The first kappa shape index (κ1) is 15.8. The molecule has 0 spiro atoms. The number of likely N-dealkylation sites (N-methyl/N-ethyl adjacent to an activating group) is 1. The molecule has 1 fully saturated rings. The van der Waals surface area contributed by atoms with E-state index in [1.165, 1.54) is 0 Å². The minimum absolute atomic E-state index is 0.565. The zero-order chi connectivity index (χ0) is 16.2. The monoisotopic (exact) mass is 318 g/mol. The summed E-state index contributed by atoms with van der Waals surface area (Å²) in [7, 11) is 5.36. The van der Waals surface area contributed by atoms with Gasteiger partial charge in [0.05, 0.1) is 20.8 Å². The van der Waals surface area contributed by atoms with Gasteiger partial charge in [0, 0.05) is 31.7 Å². The fraction of sp³-hybridized carbons (Fsp3) is 0.500. The van der Waals surface area contributed by atoms with E-state index in [0.29, 0.717) is 29.8 Å². The van der Waals surface area contributed by atoms with Gasteiger partial charge in [0.2, 0.25) is 11.7 Å². The number of hydrogen-bond acceptors (Lipinski definition) is 7. The summed E-state index contributed by atoms with van der Waals surface area (Å²) in [5.74, 6) is 2.53. The highest BCUT2D eigenvalue weighted by Gasteiger charge is 2.18. The van der Waals surface area contributed by atoms with Crippen LogP contribution < -0.4 is 9.47 Å². The van der Waals surface area contributed by atoms with E-state index >= 15 is 0 Å². The van der Waals surface area contributed by atoms with Crippen molar-refractivity contribution in [3.63, 3.8) is 0 Å². The minimum atomic E-state index is 0.565. The molecular formula is C16H22N4O3. The highest BCUT2D eigenvalue weighted by molar-refractivity contribution is 5.60. The van der Waals surface area contributed by atoms with Crippen molar-refractivity contribution in [2.24, 2.45) is 0 Å². The van der Waals surface area contributed by atoms with E-state index < -0.39 is 0 Å². The molecule has 1 aromatic carbocycles. The zero-order valence-electron chi connectivity index (χ0n) is 13.8. The predicted molar refractivity (Wildman–Crippen MR) is 85.6 cm³/mol. The van der Waals surface area contributed by atoms with Crippen molar-refractivity contribution in [1.29, 1.82) is 0 Å². The average Bonchev–Trinajstić information content (AvgIpc) is 3.05. The summed E-state index contributed by atoms with van der Waals surface area (Å²) in [5.41, 5.74) is 0.844. The van der Waals surface area contributed by atoms with Gasteiger partial charge in [-0.1, -0.05) is 5.16 Å². The fourth-order valence-corrected chi connectivity index (χ4v) is 2.61. The molecule has 1 aromatic heterocycles. The number of methoxy groups -OCH3 is 2. The Morgan fingerprint density at radius 1 is 1.09 bits per heavy atom.